The molecule has 0 N–H and O–H groups in total. The zero-order valence-corrected chi connectivity index (χ0v) is 34.9. The highest BCUT2D eigenvalue weighted by atomic mass is 79.9. The van der Waals surface area contributed by atoms with E-state index in [2.05, 4.69) is 28.1 Å². The number of Topliss-reactive ketones (excluding diaryl/α,β-unsaturated/α-hetero) is 2. The highest BCUT2D eigenvalue weighted by molar-refractivity contribution is 9.09. The number of halogens is 1. The Morgan fingerprint density at radius 3 is 1.69 bits per heavy atom. The molecule has 1 fully saturated rings. The molecule has 0 radical (unpaired) electrons. The molecule has 0 aliphatic carbocycles. The summed E-state index contributed by atoms with van der Waals surface area (Å²) in [5, 5.41) is 3.01. The number of hydrogen-bond acceptors (Lipinski definition) is 12. The van der Waals surface area contributed by atoms with E-state index in [4.69, 9.17) is 28.4 Å². The minimum Gasteiger partial charge on any atom is -0.496 e. The van der Waals surface area contributed by atoms with Crippen LogP contribution in [0.5, 0.6) is 11.5 Å². The van der Waals surface area contributed by atoms with E-state index in [1.54, 1.807) is 28.1 Å². The number of aryl methyl sites for hydroxylation is 2. The molecular weight excluding hydrogens is 796 g/mol. The molecule has 54 heavy (non-hydrogen) atoms. The van der Waals surface area contributed by atoms with Crippen LogP contribution in [-0.2, 0) is 41.4 Å². The van der Waals surface area contributed by atoms with E-state index in [1.807, 2.05) is 24.3 Å². The monoisotopic (exact) mass is 846 g/mol. The fraction of sp³-hybridized carbons (Fsp3) is 0.512. The number of carbonyl (C=O) groups is 4. The molecule has 0 spiro atoms. The lowest BCUT2D eigenvalue weighted by atomic mass is 10.1. The summed E-state index contributed by atoms with van der Waals surface area (Å²) in [4.78, 5) is 49.0. The van der Waals surface area contributed by atoms with Crippen LogP contribution in [0.25, 0.3) is 20.2 Å². The van der Waals surface area contributed by atoms with Crippen molar-refractivity contribution in [3.05, 3.63) is 57.3 Å². The third-order valence-corrected chi connectivity index (χ3v) is 11.6. The Hall–Kier alpha value is -3.36. The van der Waals surface area contributed by atoms with Gasteiger partial charge in [-0.2, -0.15) is 0 Å². The minimum absolute atomic E-state index is 0.0229. The van der Waals surface area contributed by atoms with Gasteiger partial charge in [0, 0.05) is 34.2 Å². The van der Waals surface area contributed by atoms with Gasteiger partial charge in [-0.05, 0) is 117 Å². The Morgan fingerprint density at radius 2 is 1.24 bits per heavy atom. The summed E-state index contributed by atoms with van der Waals surface area (Å²) in [5.74, 6) is 0.956. The second-order valence-corrected chi connectivity index (χ2v) is 15.6. The second-order valence-electron chi connectivity index (χ2n) is 12.6. The van der Waals surface area contributed by atoms with Gasteiger partial charge in [-0.25, -0.2) is 0 Å². The molecule has 1 unspecified atom stereocenters. The standard InChI is InChI=1S/C23H30O6S.C18H21BrO4S/c1-3-27-22(25)10-9-18(24)21-14-17-13-16(19(26-2)15-20(17)30-21)7-6-12-29-23-8-4-5-11-28-23;1-3-23-18(21)7-6-14(20)17-10-13-9-12(5-4-8-19)15(22-2)11-16(13)24-17/h13-15,23H,3-12H2,1-2H3;9-11H,3-8H2,1-2H3. The first kappa shape index (κ1) is 43.4. The van der Waals surface area contributed by atoms with E-state index in [0.717, 1.165) is 99.7 Å². The number of carbonyl (C=O) groups excluding carboxylic acids is 4. The average molecular weight is 848 g/mol. The smallest absolute Gasteiger partial charge is 0.306 e. The van der Waals surface area contributed by atoms with Crippen LogP contribution in [0.2, 0.25) is 0 Å². The van der Waals surface area contributed by atoms with Crippen molar-refractivity contribution in [2.75, 3.05) is 46.0 Å². The van der Waals surface area contributed by atoms with E-state index >= 15 is 0 Å². The predicted octanol–water partition coefficient (Wildman–Crippen LogP) is 9.68. The molecule has 2 aromatic carbocycles. The van der Waals surface area contributed by atoms with Crippen LogP contribution in [0.3, 0.4) is 0 Å². The minimum atomic E-state index is -0.336. The fourth-order valence-electron chi connectivity index (χ4n) is 6.00. The summed E-state index contributed by atoms with van der Waals surface area (Å²) in [6, 6.07) is 12.0. The number of fused-ring (bicyclic) bond motifs is 2. The zero-order chi connectivity index (χ0) is 38.9. The molecule has 3 heterocycles. The van der Waals surface area contributed by atoms with Crippen molar-refractivity contribution in [1.82, 2.24) is 0 Å². The molecular formula is C41H51BrO10S2. The van der Waals surface area contributed by atoms with Crippen LogP contribution in [0.1, 0.15) is 102 Å². The van der Waals surface area contributed by atoms with Crippen molar-refractivity contribution < 1.29 is 47.6 Å². The highest BCUT2D eigenvalue weighted by Gasteiger charge is 2.18. The SMILES string of the molecule is CCOC(=O)CCC(=O)c1cc2cc(CCCBr)c(OC)cc2s1.CCOC(=O)CCC(=O)c1cc2cc(CCCOC3CCCCO3)c(OC)cc2s1. The van der Waals surface area contributed by atoms with Gasteiger partial charge in [0.15, 0.2) is 17.9 Å². The molecule has 4 aromatic rings. The highest BCUT2D eigenvalue weighted by Crippen LogP contribution is 2.35. The molecule has 0 bridgehead atoms. The summed E-state index contributed by atoms with van der Waals surface area (Å²) in [6.07, 6.45) is 7.41. The van der Waals surface area contributed by atoms with Gasteiger partial charge in [0.05, 0.1) is 56.6 Å². The maximum Gasteiger partial charge on any atom is 0.306 e. The third kappa shape index (κ3) is 13.1. The summed E-state index contributed by atoms with van der Waals surface area (Å²) in [6.45, 7) is 5.62. The molecule has 294 valence electrons. The van der Waals surface area contributed by atoms with E-state index in [1.165, 1.54) is 22.7 Å². The number of esters is 2. The van der Waals surface area contributed by atoms with Crippen molar-refractivity contribution in [1.29, 1.82) is 0 Å². The van der Waals surface area contributed by atoms with E-state index in [9.17, 15) is 19.2 Å². The molecule has 5 rings (SSSR count). The lowest BCUT2D eigenvalue weighted by Gasteiger charge is -2.22. The fourth-order valence-corrected chi connectivity index (χ4v) is 8.36. The zero-order valence-electron chi connectivity index (χ0n) is 31.6. The van der Waals surface area contributed by atoms with Gasteiger partial charge in [0.2, 0.25) is 0 Å². The van der Waals surface area contributed by atoms with Crippen LogP contribution < -0.4 is 9.47 Å². The number of alkyl halides is 1. The van der Waals surface area contributed by atoms with Crippen LogP contribution in [0.15, 0.2) is 36.4 Å². The normalized spacial score (nSPS) is 14.0. The van der Waals surface area contributed by atoms with Crippen LogP contribution in [0.4, 0.5) is 0 Å². The van der Waals surface area contributed by atoms with Crippen LogP contribution >= 0.6 is 38.6 Å². The Morgan fingerprint density at radius 1 is 0.722 bits per heavy atom. The lowest BCUT2D eigenvalue weighted by Crippen LogP contribution is -2.22. The van der Waals surface area contributed by atoms with E-state index in [-0.39, 0.29) is 55.5 Å². The Balaban J connectivity index is 0.000000247. The van der Waals surface area contributed by atoms with Crippen molar-refractivity contribution in [2.45, 2.75) is 90.8 Å². The molecule has 10 nitrogen and oxygen atoms in total. The number of rotatable bonds is 20. The van der Waals surface area contributed by atoms with Gasteiger partial charge < -0.3 is 28.4 Å². The lowest BCUT2D eigenvalue weighted by molar-refractivity contribution is -0.162. The predicted molar refractivity (Wildman–Crippen MR) is 217 cm³/mol. The molecule has 13 heteroatoms. The maximum absolute atomic E-state index is 12.5. The number of hydrogen-bond donors (Lipinski definition) is 0. The first-order valence-corrected chi connectivity index (χ1v) is 21.3. The molecule has 1 aliphatic heterocycles. The van der Waals surface area contributed by atoms with Crippen molar-refractivity contribution in [2.24, 2.45) is 0 Å². The molecule has 0 amide bonds. The van der Waals surface area contributed by atoms with Gasteiger partial charge >= 0.3 is 11.9 Å². The largest absolute Gasteiger partial charge is 0.496 e. The summed E-state index contributed by atoms with van der Waals surface area (Å²) >= 11 is 6.32. The quantitative estimate of drug-likeness (QED) is 0.0368. The number of methoxy groups -OCH3 is 2. The van der Waals surface area contributed by atoms with Crippen molar-refractivity contribution in [3.8, 4) is 11.5 Å². The van der Waals surface area contributed by atoms with Gasteiger partial charge in [0.1, 0.15) is 11.5 Å². The average Bonchev–Trinajstić information content (AvgIpc) is 3.80. The topological polar surface area (TPSA) is 124 Å². The Kier molecular flexibility index (Phi) is 18.4. The maximum atomic E-state index is 12.5. The van der Waals surface area contributed by atoms with Crippen LogP contribution in [0, 0.1) is 0 Å². The summed E-state index contributed by atoms with van der Waals surface area (Å²) in [5.41, 5.74) is 2.24. The number of ether oxygens (including phenoxy) is 6. The molecule has 1 aliphatic rings. The molecule has 0 saturated carbocycles. The number of thiophene rings is 2. The first-order chi connectivity index (χ1) is 26.2. The second kappa shape index (κ2) is 22.9. The number of benzene rings is 2. The van der Waals surface area contributed by atoms with E-state index < -0.39 is 0 Å². The Bertz CT molecular complexity index is 1840. The number of ketones is 2. The van der Waals surface area contributed by atoms with Crippen LogP contribution in [-0.4, -0.2) is 75.8 Å². The van der Waals surface area contributed by atoms with Gasteiger partial charge in [-0.15, -0.1) is 22.7 Å². The van der Waals surface area contributed by atoms with Gasteiger partial charge in [-0.1, -0.05) is 15.9 Å². The first-order valence-electron chi connectivity index (χ1n) is 18.6. The summed E-state index contributed by atoms with van der Waals surface area (Å²) in [7, 11) is 3.33. The Labute approximate surface area is 333 Å². The van der Waals surface area contributed by atoms with E-state index in [0.29, 0.717) is 29.6 Å². The van der Waals surface area contributed by atoms with Crippen molar-refractivity contribution >= 4 is 82.3 Å². The molecule has 1 saturated heterocycles. The van der Waals surface area contributed by atoms with Crippen molar-refractivity contribution in [3.63, 3.8) is 0 Å². The third-order valence-electron chi connectivity index (χ3n) is 8.72. The summed E-state index contributed by atoms with van der Waals surface area (Å²) < 4.78 is 34.2. The molecule has 2 aromatic heterocycles. The molecule has 1 atom stereocenters. The van der Waals surface area contributed by atoms with Gasteiger partial charge in [0.25, 0.3) is 0 Å². The van der Waals surface area contributed by atoms with Gasteiger partial charge in [-0.3, -0.25) is 19.2 Å².